The quantitative estimate of drug-likeness (QED) is 0.421. The van der Waals surface area contributed by atoms with E-state index >= 15 is 0 Å². The summed E-state index contributed by atoms with van der Waals surface area (Å²) in [5.74, 6) is -0.296. The van der Waals surface area contributed by atoms with Gasteiger partial charge in [0.15, 0.2) is 0 Å². The molecule has 6 nitrogen and oxygen atoms in total. The van der Waals surface area contributed by atoms with E-state index in [1.807, 2.05) is 0 Å². The Balaban J connectivity index is 1.96. The number of nitro groups is 1. The van der Waals surface area contributed by atoms with Crippen LogP contribution in [0, 0.1) is 10.1 Å². The maximum atomic E-state index is 11.5. The van der Waals surface area contributed by atoms with Gasteiger partial charge in [0.1, 0.15) is 11.5 Å². The van der Waals surface area contributed by atoms with Crippen molar-refractivity contribution in [2.24, 2.45) is 0 Å². The molecule has 0 bridgehead atoms. The van der Waals surface area contributed by atoms with Crippen LogP contribution in [-0.4, -0.2) is 16.0 Å². The Bertz CT molecular complexity index is 957. The summed E-state index contributed by atoms with van der Waals surface area (Å²) in [5.41, 5.74) is 1.16. The van der Waals surface area contributed by atoms with Gasteiger partial charge in [-0.1, -0.05) is 42.5 Å². The van der Waals surface area contributed by atoms with Gasteiger partial charge in [-0.3, -0.25) is 10.1 Å². The predicted octanol–water partition coefficient (Wildman–Crippen LogP) is 4.48. The van der Waals surface area contributed by atoms with Crippen molar-refractivity contribution in [3.8, 4) is 11.3 Å². The molecular weight excluding hydrogens is 322 g/mol. The van der Waals surface area contributed by atoms with Crippen LogP contribution in [0.25, 0.3) is 23.0 Å². The first-order valence-corrected chi connectivity index (χ1v) is 7.39. The highest BCUT2D eigenvalue weighted by Gasteiger charge is 2.13. The minimum atomic E-state index is -1.07. The first kappa shape index (κ1) is 16.2. The molecule has 3 aromatic rings. The molecule has 0 unspecified atom stereocenters. The van der Waals surface area contributed by atoms with E-state index in [0.29, 0.717) is 22.6 Å². The monoisotopic (exact) mass is 335 g/mol. The summed E-state index contributed by atoms with van der Waals surface area (Å²) in [7, 11) is 0. The summed E-state index contributed by atoms with van der Waals surface area (Å²) in [6.45, 7) is 0. The standard InChI is InChI=1S/C19H13NO5/c21-19(22)17(13-5-2-1-3-6-13)12-16-9-10-18(25-16)14-7-4-8-15(11-14)20(23)24/h1-12H,(H,21,22). The zero-order chi connectivity index (χ0) is 17.8. The number of nitro benzene ring substituents is 1. The molecular formula is C19H13NO5. The van der Waals surface area contributed by atoms with Crippen LogP contribution in [0.1, 0.15) is 11.3 Å². The van der Waals surface area contributed by atoms with Gasteiger partial charge >= 0.3 is 5.97 Å². The minimum absolute atomic E-state index is 0.0403. The lowest BCUT2D eigenvalue weighted by atomic mass is 10.1. The summed E-state index contributed by atoms with van der Waals surface area (Å²) < 4.78 is 5.64. The van der Waals surface area contributed by atoms with E-state index in [4.69, 9.17) is 4.42 Å². The molecule has 0 atom stereocenters. The lowest BCUT2D eigenvalue weighted by Crippen LogP contribution is -1.99. The van der Waals surface area contributed by atoms with E-state index in [1.165, 1.54) is 18.2 Å². The summed E-state index contributed by atoms with van der Waals surface area (Å²) in [6.07, 6.45) is 1.43. The fraction of sp³-hybridized carbons (Fsp3) is 0. The van der Waals surface area contributed by atoms with Gasteiger partial charge in [0, 0.05) is 17.7 Å². The van der Waals surface area contributed by atoms with Crippen molar-refractivity contribution in [3.05, 3.63) is 88.2 Å². The Morgan fingerprint density at radius 1 is 1.04 bits per heavy atom. The van der Waals surface area contributed by atoms with Crippen molar-refractivity contribution in [3.63, 3.8) is 0 Å². The fourth-order valence-corrected chi connectivity index (χ4v) is 2.39. The number of benzene rings is 2. The van der Waals surface area contributed by atoms with Crippen LogP contribution in [0.3, 0.4) is 0 Å². The first-order valence-electron chi connectivity index (χ1n) is 7.39. The number of carbonyl (C=O) groups is 1. The van der Waals surface area contributed by atoms with Crippen LogP contribution >= 0.6 is 0 Å². The van der Waals surface area contributed by atoms with Crippen LogP contribution in [0.5, 0.6) is 0 Å². The van der Waals surface area contributed by atoms with Crippen molar-refractivity contribution in [2.75, 3.05) is 0 Å². The molecule has 25 heavy (non-hydrogen) atoms. The molecule has 0 saturated carbocycles. The van der Waals surface area contributed by atoms with Gasteiger partial charge in [-0.15, -0.1) is 0 Å². The van der Waals surface area contributed by atoms with Crippen LogP contribution in [0.15, 0.2) is 71.1 Å². The summed E-state index contributed by atoms with van der Waals surface area (Å²) in [4.78, 5) is 21.9. The van der Waals surface area contributed by atoms with Crippen molar-refractivity contribution in [1.82, 2.24) is 0 Å². The number of hydrogen-bond donors (Lipinski definition) is 1. The average Bonchev–Trinajstić information content (AvgIpc) is 3.09. The molecule has 1 heterocycles. The molecule has 0 aliphatic carbocycles. The highest BCUT2D eigenvalue weighted by molar-refractivity contribution is 6.20. The summed E-state index contributed by atoms with van der Waals surface area (Å²) in [5, 5.41) is 20.3. The smallest absolute Gasteiger partial charge is 0.336 e. The molecule has 1 N–H and O–H groups in total. The molecule has 1 aromatic heterocycles. The first-order chi connectivity index (χ1) is 12.0. The second-order valence-electron chi connectivity index (χ2n) is 5.24. The number of furan rings is 1. The van der Waals surface area contributed by atoms with Gasteiger partial charge in [0.05, 0.1) is 10.5 Å². The van der Waals surface area contributed by atoms with E-state index in [-0.39, 0.29) is 11.3 Å². The second kappa shape index (κ2) is 6.84. The Morgan fingerprint density at radius 2 is 1.80 bits per heavy atom. The highest BCUT2D eigenvalue weighted by atomic mass is 16.6. The van der Waals surface area contributed by atoms with E-state index in [2.05, 4.69) is 0 Å². The molecule has 3 rings (SSSR count). The van der Waals surface area contributed by atoms with Gasteiger partial charge in [0.25, 0.3) is 5.69 Å². The summed E-state index contributed by atoms with van der Waals surface area (Å²) in [6, 6.07) is 18.0. The third-order valence-corrected chi connectivity index (χ3v) is 3.57. The molecule has 0 aliphatic heterocycles. The van der Waals surface area contributed by atoms with E-state index in [9.17, 15) is 20.0 Å². The maximum Gasteiger partial charge on any atom is 0.336 e. The Morgan fingerprint density at radius 3 is 2.48 bits per heavy atom. The largest absolute Gasteiger partial charge is 0.478 e. The Hall–Kier alpha value is -3.67. The summed E-state index contributed by atoms with van der Waals surface area (Å²) >= 11 is 0. The van der Waals surface area contributed by atoms with Gasteiger partial charge in [-0.05, 0) is 23.8 Å². The second-order valence-corrected chi connectivity index (χ2v) is 5.24. The van der Waals surface area contributed by atoms with Crippen molar-refractivity contribution >= 4 is 23.3 Å². The van der Waals surface area contributed by atoms with E-state index in [0.717, 1.165) is 0 Å². The number of carboxylic acid groups (broad SMARTS) is 1. The molecule has 2 aromatic carbocycles. The molecule has 124 valence electrons. The van der Waals surface area contributed by atoms with E-state index in [1.54, 1.807) is 54.6 Å². The van der Waals surface area contributed by atoms with Gasteiger partial charge in [-0.2, -0.15) is 0 Å². The van der Waals surface area contributed by atoms with Gasteiger partial charge in [0.2, 0.25) is 0 Å². The topological polar surface area (TPSA) is 93.6 Å². The molecule has 0 spiro atoms. The van der Waals surface area contributed by atoms with Gasteiger partial charge in [-0.25, -0.2) is 4.79 Å². The SMILES string of the molecule is O=C(O)C(=Cc1ccc(-c2cccc([N+](=O)[O-])c2)o1)c1ccccc1. The third kappa shape index (κ3) is 3.64. The minimum Gasteiger partial charge on any atom is -0.478 e. The zero-order valence-corrected chi connectivity index (χ0v) is 13.0. The van der Waals surface area contributed by atoms with Gasteiger partial charge < -0.3 is 9.52 Å². The Labute approximate surface area is 142 Å². The van der Waals surface area contributed by atoms with Crippen molar-refractivity contribution in [1.29, 1.82) is 0 Å². The van der Waals surface area contributed by atoms with Crippen LogP contribution in [0.4, 0.5) is 5.69 Å². The zero-order valence-electron chi connectivity index (χ0n) is 13.0. The Kier molecular flexibility index (Phi) is 4.43. The molecule has 0 saturated heterocycles. The lowest BCUT2D eigenvalue weighted by Gasteiger charge is -2.01. The van der Waals surface area contributed by atoms with Crippen LogP contribution in [-0.2, 0) is 4.79 Å². The molecule has 6 heteroatoms. The third-order valence-electron chi connectivity index (χ3n) is 3.57. The number of rotatable bonds is 5. The van der Waals surface area contributed by atoms with Crippen LogP contribution in [0.2, 0.25) is 0 Å². The number of non-ortho nitro benzene ring substituents is 1. The normalized spacial score (nSPS) is 11.3. The number of aliphatic carboxylic acids is 1. The molecule has 0 radical (unpaired) electrons. The maximum absolute atomic E-state index is 11.5. The molecule has 0 fully saturated rings. The predicted molar refractivity (Wildman–Crippen MR) is 92.7 cm³/mol. The molecule has 0 amide bonds. The number of carboxylic acids is 1. The molecule has 0 aliphatic rings. The fourth-order valence-electron chi connectivity index (χ4n) is 2.39. The highest BCUT2D eigenvalue weighted by Crippen LogP contribution is 2.27. The number of nitrogens with zero attached hydrogens (tertiary/aromatic N) is 1. The lowest BCUT2D eigenvalue weighted by molar-refractivity contribution is -0.384. The van der Waals surface area contributed by atoms with Crippen LogP contribution < -0.4 is 0 Å². The average molecular weight is 335 g/mol. The number of hydrogen-bond acceptors (Lipinski definition) is 4. The van der Waals surface area contributed by atoms with Crippen molar-refractivity contribution in [2.45, 2.75) is 0 Å². The van der Waals surface area contributed by atoms with E-state index < -0.39 is 10.9 Å². The van der Waals surface area contributed by atoms with Crippen molar-refractivity contribution < 1.29 is 19.2 Å².